The van der Waals surface area contributed by atoms with Crippen LogP contribution in [0.25, 0.3) is 0 Å². The van der Waals surface area contributed by atoms with Gasteiger partial charge in [-0.3, -0.25) is 0 Å². The molecular weight excluding hydrogens is 277 g/mol. The van der Waals surface area contributed by atoms with Crippen LogP contribution in [0.3, 0.4) is 0 Å². The Labute approximate surface area is 120 Å². The Morgan fingerprint density at radius 1 is 1.25 bits per heavy atom. The molecular formula is C15H14FNO2S. The summed E-state index contributed by atoms with van der Waals surface area (Å²) in [6.07, 6.45) is 2.00. The first kappa shape index (κ1) is 14.4. The lowest BCUT2D eigenvalue weighted by Crippen LogP contribution is -2.05. The molecule has 20 heavy (non-hydrogen) atoms. The molecule has 2 N–H and O–H groups in total. The number of hydrogen-bond donors (Lipinski definition) is 2. The summed E-state index contributed by atoms with van der Waals surface area (Å²) >= 11 is 1.65. The molecule has 0 bridgehead atoms. The van der Waals surface area contributed by atoms with Crippen molar-refractivity contribution in [2.75, 3.05) is 11.6 Å². The van der Waals surface area contributed by atoms with E-state index in [-0.39, 0.29) is 12.1 Å². The normalized spacial score (nSPS) is 10.3. The van der Waals surface area contributed by atoms with Crippen LogP contribution in [0.1, 0.15) is 15.9 Å². The van der Waals surface area contributed by atoms with Crippen LogP contribution in [0, 0.1) is 5.82 Å². The third kappa shape index (κ3) is 3.51. The third-order valence-electron chi connectivity index (χ3n) is 2.87. The van der Waals surface area contributed by atoms with Crippen molar-refractivity contribution >= 4 is 23.4 Å². The van der Waals surface area contributed by atoms with Crippen molar-refractivity contribution in [2.45, 2.75) is 11.4 Å². The van der Waals surface area contributed by atoms with E-state index in [4.69, 9.17) is 5.11 Å². The monoisotopic (exact) mass is 291 g/mol. The fourth-order valence-electron chi connectivity index (χ4n) is 1.75. The summed E-state index contributed by atoms with van der Waals surface area (Å²) in [4.78, 5) is 12.0. The first-order valence-electron chi connectivity index (χ1n) is 6.00. The molecule has 104 valence electrons. The maximum Gasteiger partial charge on any atom is 0.335 e. The molecule has 2 rings (SSSR count). The predicted molar refractivity (Wildman–Crippen MR) is 78.9 cm³/mol. The number of aromatic carboxylic acids is 1. The van der Waals surface area contributed by atoms with Crippen LogP contribution in [0.15, 0.2) is 47.4 Å². The first-order valence-corrected chi connectivity index (χ1v) is 7.22. The van der Waals surface area contributed by atoms with Gasteiger partial charge in [0, 0.05) is 22.7 Å². The predicted octanol–water partition coefficient (Wildman–Crippen LogP) is 3.86. The van der Waals surface area contributed by atoms with Crippen LogP contribution in [0.2, 0.25) is 0 Å². The summed E-state index contributed by atoms with van der Waals surface area (Å²) in [5, 5.41) is 12.0. The lowest BCUT2D eigenvalue weighted by Gasteiger charge is -2.09. The molecule has 0 aromatic heterocycles. The Morgan fingerprint density at radius 2 is 1.95 bits per heavy atom. The zero-order valence-corrected chi connectivity index (χ0v) is 11.7. The van der Waals surface area contributed by atoms with Gasteiger partial charge in [0.25, 0.3) is 0 Å². The van der Waals surface area contributed by atoms with Crippen LogP contribution in [0.5, 0.6) is 0 Å². The Kier molecular flexibility index (Phi) is 4.63. The molecule has 0 atom stereocenters. The van der Waals surface area contributed by atoms with Gasteiger partial charge in [-0.2, -0.15) is 0 Å². The van der Waals surface area contributed by atoms with E-state index >= 15 is 0 Å². The van der Waals surface area contributed by atoms with Gasteiger partial charge in [-0.25, -0.2) is 9.18 Å². The number of halogens is 1. The summed E-state index contributed by atoms with van der Waals surface area (Å²) in [7, 11) is 0. The van der Waals surface area contributed by atoms with Crippen molar-refractivity contribution in [2.24, 2.45) is 0 Å². The molecule has 0 saturated carbocycles. The van der Waals surface area contributed by atoms with Gasteiger partial charge in [-0.05, 0) is 48.7 Å². The number of hydrogen-bond acceptors (Lipinski definition) is 3. The Bertz CT molecular complexity index is 614. The molecule has 5 heteroatoms. The highest BCUT2D eigenvalue weighted by Crippen LogP contribution is 2.19. The lowest BCUT2D eigenvalue weighted by molar-refractivity contribution is 0.0696. The Balaban J connectivity index is 2.09. The van der Waals surface area contributed by atoms with Gasteiger partial charge < -0.3 is 10.4 Å². The molecule has 0 amide bonds. The van der Waals surface area contributed by atoms with Crippen molar-refractivity contribution in [3.05, 3.63) is 59.4 Å². The molecule has 0 unspecified atom stereocenters. The molecule has 0 aliphatic rings. The fourth-order valence-corrected chi connectivity index (χ4v) is 2.16. The average molecular weight is 291 g/mol. The fraction of sp³-hybridized carbons (Fsp3) is 0.133. The molecule has 0 spiro atoms. The number of carboxylic acids is 1. The molecule has 2 aromatic rings. The van der Waals surface area contributed by atoms with Gasteiger partial charge in [-0.15, -0.1) is 11.8 Å². The van der Waals surface area contributed by atoms with E-state index < -0.39 is 11.8 Å². The topological polar surface area (TPSA) is 49.3 Å². The van der Waals surface area contributed by atoms with Crippen molar-refractivity contribution in [1.29, 1.82) is 0 Å². The van der Waals surface area contributed by atoms with Crippen molar-refractivity contribution in [3.8, 4) is 0 Å². The number of thioether (sulfide) groups is 1. The molecule has 0 saturated heterocycles. The third-order valence-corrected chi connectivity index (χ3v) is 3.61. The van der Waals surface area contributed by atoms with E-state index in [1.165, 1.54) is 18.2 Å². The van der Waals surface area contributed by atoms with Gasteiger partial charge in [0.05, 0.1) is 5.56 Å². The van der Waals surface area contributed by atoms with Crippen LogP contribution in [0.4, 0.5) is 10.1 Å². The zero-order valence-electron chi connectivity index (χ0n) is 10.9. The van der Waals surface area contributed by atoms with E-state index in [2.05, 4.69) is 5.32 Å². The number of rotatable bonds is 5. The van der Waals surface area contributed by atoms with Crippen LogP contribution >= 0.6 is 11.8 Å². The van der Waals surface area contributed by atoms with E-state index in [0.29, 0.717) is 5.56 Å². The van der Waals surface area contributed by atoms with Crippen molar-refractivity contribution < 1.29 is 14.3 Å². The summed E-state index contributed by atoms with van der Waals surface area (Å²) in [5.74, 6) is -1.47. The summed E-state index contributed by atoms with van der Waals surface area (Å²) in [5.41, 5.74) is 1.28. The largest absolute Gasteiger partial charge is 0.478 e. The minimum atomic E-state index is -1.06. The second-order valence-corrected chi connectivity index (χ2v) is 5.07. The smallest absolute Gasteiger partial charge is 0.335 e. The summed E-state index contributed by atoms with van der Waals surface area (Å²) < 4.78 is 13.6. The lowest BCUT2D eigenvalue weighted by atomic mass is 10.1. The first-order chi connectivity index (χ1) is 9.60. The number of nitrogens with one attached hydrogen (secondary N) is 1. The van der Waals surface area contributed by atoms with Gasteiger partial charge in [-0.1, -0.05) is 0 Å². The van der Waals surface area contributed by atoms with Crippen molar-refractivity contribution in [3.63, 3.8) is 0 Å². The Hall–Kier alpha value is -2.01. The second kappa shape index (κ2) is 6.43. The molecule has 0 radical (unpaired) electrons. The molecule has 3 nitrogen and oxygen atoms in total. The van der Waals surface area contributed by atoms with Gasteiger partial charge >= 0.3 is 5.97 Å². The van der Waals surface area contributed by atoms with Crippen molar-refractivity contribution in [1.82, 2.24) is 0 Å². The molecule has 0 heterocycles. The standard InChI is InChI=1S/C15H14FNO2S/c1-20-13-5-3-12(4-6-13)17-9-11-8-10(15(18)19)2-7-14(11)16/h2-8,17H,9H2,1H3,(H,18,19). The summed E-state index contributed by atoms with van der Waals surface area (Å²) in [6.45, 7) is 0.242. The van der Waals surface area contributed by atoms with Gasteiger partial charge in [0.1, 0.15) is 5.82 Å². The number of anilines is 1. The number of carboxylic acid groups (broad SMARTS) is 1. The highest BCUT2D eigenvalue weighted by molar-refractivity contribution is 7.98. The SMILES string of the molecule is CSc1ccc(NCc2cc(C(=O)O)ccc2F)cc1. The molecule has 0 aliphatic heterocycles. The minimum Gasteiger partial charge on any atom is -0.478 e. The van der Waals surface area contributed by atoms with Crippen LogP contribution < -0.4 is 5.32 Å². The quantitative estimate of drug-likeness (QED) is 0.821. The minimum absolute atomic E-state index is 0.0842. The van der Waals surface area contributed by atoms with Crippen LogP contribution in [-0.4, -0.2) is 17.3 Å². The molecule has 0 aliphatic carbocycles. The summed E-state index contributed by atoms with van der Waals surface area (Å²) in [6, 6.07) is 11.5. The maximum absolute atomic E-state index is 13.6. The number of benzene rings is 2. The van der Waals surface area contributed by atoms with E-state index in [0.717, 1.165) is 10.6 Å². The van der Waals surface area contributed by atoms with E-state index in [1.807, 2.05) is 30.5 Å². The second-order valence-electron chi connectivity index (χ2n) is 4.19. The highest BCUT2D eigenvalue weighted by atomic mass is 32.2. The van der Waals surface area contributed by atoms with Gasteiger partial charge in [0.2, 0.25) is 0 Å². The van der Waals surface area contributed by atoms with Crippen LogP contribution in [-0.2, 0) is 6.54 Å². The Morgan fingerprint density at radius 3 is 2.55 bits per heavy atom. The molecule has 0 fully saturated rings. The molecule has 2 aromatic carbocycles. The maximum atomic E-state index is 13.6. The highest BCUT2D eigenvalue weighted by Gasteiger charge is 2.08. The van der Waals surface area contributed by atoms with Gasteiger partial charge in [0.15, 0.2) is 0 Å². The zero-order chi connectivity index (χ0) is 14.5. The average Bonchev–Trinajstić information content (AvgIpc) is 2.46. The van der Waals surface area contributed by atoms with E-state index in [9.17, 15) is 9.18 Å². The van der Waals surface area contributed by atoms with E-state index in [1.54, 1.807) is 11.8 Å². The number of carbonyl (C=O) groups is 1.